The van der Waals surface area contributed by atoms with Crippen molar-refractivity contribution in [3.63, 3.8) is 0 Å². The minimum Gasteiger partial charge on any atom is -0.463 e. The Balaban J connectivity index is 2.52. The van der Waals surface area contributed by atoms with Crippen LogP contribution in [0.5, 0.6) is 0 Å². The van der Waals surface area contributed by atoms with Crippen LogP contribution in [0.1, 0.15) is 20.8 Å². The Bertz CT molecular complexity index is 406. The molecule has 27 heavy (non-hydrogen) atoms. The van der Waals surface area contributed by atoms with E-state index >= 15 is 0 Å². The molecule has 0 aromatic carbocycles. The molecule has 0 bridgehead atoms. The molecule has 2 atom stereocenters. The van der Waals surface area contributed by atoms with Gasteiger partial charge in [0.15, 0.2) is 0 Å². The average molecular weight is 394 g/mol. The highest BCUT2D eigenvalue weighted by molar-refractivity contribution is 5.65. The van der Waals surface area contributed by atoms with Crippen LogP contribution < -0.4 is 0 Å². The quantitative estimate of drug-likeness (QED) is 0.671. The van der Waals surface area contributed by atoms with E-state index < -0.39 is 11.2 Å². The van der Waals surface area contributed by atoms with Crippen LogP contribution in [0.15, 0.2) is 0 Å². The molecular weight excluding hydrogens is 360 g/mol. The summed E-state index contributed by atoms with van der Waals surface area (Å²) in [5.41, 5.74) is -1.57. The fourth-order valence-corrected chi connectivity index (χ4v) is 2.22. The molecule has 1 aliphatic heterocycles. The molecular formula is C18H34O9. The summed E-state index contributed by atoms with van der Waals surface area (Å²) in [5, 5.41) is 9.52. The van der Waals surface area contributed by atoms with Crippen LogP contribution in [-0.4, -0.2) is 102 Å². The van der Waals surface area contributed by atoms with E-state index in [1.165, 1.54) is 6.92 Å². The van der Waals surface area contributed by atoms with Crippen LogP contribution in [0.4, 0.5) is 0 Å². The van der Waals surface area contributed by atoms with Gasteiger partial charge in [-0.05, 0) is 13.8 Å². The number of hydrogen-bond acceptors (Lipinski definition) is 9. The lowest BCUT2D eigenvalue weighted by Crippen LogP contribution is -2.42. The molecule has 0 saturated carbocycles. The highest BCUT2D eigenvalue weighted by atomic mass is 16.6. The lowest BCUT2D eigenvalue weighted by Gasteiger charge is -2.30. The molecule has 0 spiro atoms. The Morgan fingerprint density at radius 1 is 0.815 bits per heavy atom. The number of hydrogen-bond donors (Lipinski definition) is 1. The molecule has 0 aliphatic carbocycles. The van der Waals surface area contributed by atoms with Gasteiger partial charge in [0.1, 0.15) is 17.8 Å². The van der Waals surface area contributed by atoms with Crippen LogP contribution in [-0.2, 0) is 38.0 Å². The summed E-state index contributed by atoms with van der Waals surface area (Å²) < 4.78 is 38.6. The summed E-state index contributed by atoms with van der Waals surface area (Å²) in [7, 11) is 0. The summed E-state index contributed by atoms with van der Waals surface area (Å²) in [5.74, 6) is -0.376. The largest absolute Gasteiger partial charge is 0.463 e. The Morgan fingerprint density at radius 2 is 1.26 bits per heavy atom. The van der Waals surface area contributed by atoms with Gasteiger partial charge in [0.25, 0.3) is 0 Å². The van der Waals surface area contributed by atoms with Crippen molar-refractivity contribution in [3.8, 4) is 0 Å². The van der Waals surface area contributed by atoms with E-state index in [2.05, 4.69) is 0 Å². The van der Waals surface area contributed by atoms with Gasteiger partial charge in [-0.2, -0.15) is 0 Å². The first-order valence-corrected chi connectivity index (χ1v) is 9.22. The van der Waals surface area contributed by atoms with Crippen LogP contribution in [0.2, 0.25) is 0 Å². The van der Waals surface area contributed by atoms with Crippen LogP contribution in [0.25, 0.3) is 0 Å². The lowest BCUT2D eigenvalue weighted by molar-refractivity contribution is -0.164. The first-order chi connectivity index (χ1) is 12.9. The van der Waals surface area contributed by atoms with Crippen LogP contribution >= 0.6 is 0 Å². The van der Waals surface area contributed by atoms with Crippen LogP contribution in [0.3, 0.4) is 0 Å². The van der Waals surface area contributed by atoms with Crippen molar-refractivity contribution in [2.24, 2.45) is 0 Å². The Hall–Kier alpha value is -0.810. The zero-order chi connectivity index (χ0) is 20.0. The van der Waals surface area contributed by atoms with Crippen molar-refractivity contribution in [1.82, 2.24) is 0 Å². The highest BCUT2D eigenvalue weighted by Gasteiger charge is 2.28. The van der Waals surface area contributed by atoms with E-state index in [-0.39, 0.29) is 32.4 Å². The Morgan fingerprint density at radius 3 is 1.78 bits per heavy atom. The van der Waals surface area contributed by atoms with Gasteiger partial charge in [0.2, 0.25) is 0 Å². The summed E-state index contributed by atoms with van der Waals surface area (Å²) in [6.45, 7) is 8.36. The second-order valence-electron chi connectivity index (χ2n) is 6.87. The number of aliphatic hydroxyl groups is 1. The number of ether oxygens (including phenoxy) is 7. The van der Waals surface area contributed by atoms with Gasteiger partial charge in [-0.25, -0.2) is 0 Å². The molecule has 9 heteroatoms. The maximum Gasteiger partial charge on any atom is 0.302 e. The molecule has 1 N–H and O–H groups in total. The smallest absolute Gasteiger partial charge is 0.302 e. The topological polar surface area (TPSA) is 102 Å². The van der Waals surface area contributed by atoms with Crippen molar-refractivity contribution in [2.75, 3.05) is 79.3 Å². The first-order valence-electron chi connectivity index (χ1n) is 9.22. The third kappa shape index (κ3) is 11.6. The molecule has 0 amide bonds. The van der Waals surface area contributed by atoms with Crippen LogP contribution in [0, 0.1) is 0 Å². The Kier molecular flexibility index (Phi) is 12.0. The minimum absolute atomic E-state index is 0.0860. The lowest BCUT2D eigenvalue weighted by atomic mass is 10.1. The molecule has 1 saturated heterocycles. The van der Waals surface area contributed by atoms with Crippen molar-refractivity contribution in [3.05, 3.63) is 0 Å². The fourth-order valence-electron chi connectivity index (χ4n) is 2.22. The number of carbonyl (C=O) groups is 1. The highest BCUT2D eigenvalue weighted by Crippen LogP contribution is 2.13. The standard InChI is InChI=1S/C18H34O9/c1-16(20)25-15-18(3)14-24-7-6-23-13-17(2,12-19)26-10-8-21-4-5-22-9-11-27-18/h19H,4-15H2,1-3H3/t17-,18+/m0/s1. The number of aliphatic hydroxyl groups excluding tert-OH is 1. The van der Waals surface area contributed by atoms with Crippen molar-refractivity contribution >= 4 is 5.97 Å². The summed E-state index contributed by atoms with van der Waals surface area (Å²) in [6, 6.07) is 0. The third-order valence-corrected chi connectivity index (χ3v) is 3.83. The molecule has 1 aliphatic rings. The minimum atomic E-state index is -0.793. The zero-order valence-electron chi connectivity index (χ0n) is 16.7. The van der Waals surface area contributed by atoms with Crippen molar-refractivity contribution in [2.45, 2.75) is 32.0 Å². The molecule has 0 aromatic rings. The van der Waals surface area contributed by atoms with Crippen molar-refractivity contribution in [1.29, 1.82) is 0 Å². The van der Waals surface area contributed by atoms with Gasteiger partial charge in [0, 0.05) is 6.92 Å². The second kappa shape index (κ2) is 13.4. The summed E-state index contributed by atoms with van der Waals surface area (Å²) in [4.78, 5) is 11.1. The van der Waals surface area contributed by atoms with Gasteiger partial charge >= 0.3 is 5.97 Å². The SMILES string of the molecule is CC(=O)OC[C@@]1(C)COCCOC[C@](C)(CO)OCCOCCOCCO1. The first kappa shape index (κ1) is 24.2. The normalized spacial score (nSPS) is 30.8. The molecule has 0 radical (unpaired) electrons. The number of esters is 1. The predicted molar refractivity (Wildman–Crippen MR) is 95.7 cm³/mol. The molecule has 160 valence electrons. The zero-order valence-corrected chi connectivity index (χ0v) is 16.7. The molecule has 1 fully saturated rings. The number of rotatable bonds is 3. The van der Waals surface area contributed by atoms with E-state index in [0.717, 1.165) is 0 Å². The van der Waals surface area contributed by atoms with Gasteiger partial charge in [-0.3, -0.25) is 4.79 Å². The summed E-state index contributed by atoms with van der Waals surface area (Å²) in [6.07, 6.45) is 0. The van der Waals surface area contributed by atoms with E-state index in [9.17, 15) is 9.90 Å². The third-order valence-electron chi connectivity index (χ3n) is 3.83. The predicted octanol–water partition coefficient (Wildman–Crippen LogP) is 0.172. The molecule has 0 aromatic heterocycles. The fraction of sp³-hybridized carbons (Fsp3) is 0.944. The van der Waals surface area contributed by atoms with Gasteiger partial charge in [-0.1, -0.05) is 0 Å². The van der Waals surface area contributed by atoms with Gasteiger partial charge < -0.3 is 38.3 Å². The Labute approximate surface area is 161 Å². The van der Waals surface area contributed by atoms with E-state index in [1.54, 1.807) is 6.92 Å². The van der Waals surface area contributed by atoms with Crippen molar-refractivity contribution < 1.29 is 43.1 Å². The van der Waals surface area contributed by atoms with Gasteiger partial charge in [0.05, 0.1) is 72.7 Å². The maximum absolute atomic E-state index is 11.1. The average Bonchev–Trinajstić information content (AvgIpc) is 2.64. The number of carbonyl (C=O) groups excluding carboxylic acids is 1. The van der Waals surface area contributed by atoms with E-state index in [0.29, 0.717) is 52.9 Å². The summed E-state index contributed by atoms with van der Waals surface area (Å²) >= 11 is 0. The molecule has 1 rings (SSSR count). The molecule has 1 heterocycles. The molecule has 9 nitrogen and oxygen atoms in total. The second-order valence-corrected chi connectivity index (χ2v) is 6.87. The monoisotopic (exact) mass is 394 g/mol. The molecule has 0 unspecified atom stereocenters. The van der Waals surface area contributed by atoms with E-state index in [1.807, 2.05) is 6.92 Å². The maximum atomic E-state index is 11.1. The van der Waals surface area contributed by atoms with E-state index in [4.69, 9.17) is 33.2 Å². The van der Waals surface area contributed by atoms with Gasteiger partial charge in [-0.15, -0.1) is 0 Å².